The number of benzene rings is 2. The normalized spacial score (nSPS) is 13.8. The minimum absolute atomic E-state index is 0.0487. The second-order valence-corrected chi connectivity index (χ2v) is 8.93. The van der Waals surface area contributed by atoms with Crippen molar-refractivity contribution in [2.45, 2.75) is 4.90 Å². The minimum Gasteiger partial charge on any atom is -0.493 e. The van der Waals surface area contributed by atoms with Crippen LogP contribution in [0.1, 0.15) is 5.56 Å². The second kappa shape index (κ2) is 9.02. The van der Waals surface area contributed by atoms with Crippen molar-refractivity contribution in [3.05, 3.63) is 62.1 Å². The van der Waals surface area contributed by atoms with Gasteiger partial charge in [0, 0.05) is 12.1 Å². The number of non-ortho nitro benzene ring substituents is 1. The fourth-order valence-electron chi connectivity index (χ4n) is 2.59. The highest BCUT2D eigenvalue weighted by Crippen LogP contribution is 2.39. The largest absolute Gasteiger partial charge is 0.493 e. The summed E-state index contributed by atoms with van der Waals surface area (Å²) in [6.07, 6.45) is 1.25. The van der Waals surface area contributed by atoms with Gasteiger partial charge in [0.05, 0.1) is 16.5 Å². The molecule has 2 amide bonds. The SMILES string of the molecule is COc1cc(C=C2C(=O)NC(=S)NC2=O)cc(Br)c1OS(=O)(=O)c1cccc([N+](=O)[O-])c1. The molecule has 14 heteroatoms. The van der Waals surface area contributed by atoms with E-state index in [0.717, 1.165) is 18.2 Å². The third-order valence-corrected chi connectivity index (χ3v) is 6.03. The third-order valence-electron chi connectivity index (χ3n) is 4.02. The van der Waals surface area contributed by atoms with E-state index >= 15 is 0 Å². The van der Waals surface area contributed by atoms with Crippen LogP contribution in [0.5, 0.6) is 11.5 Å². The number of amides is 2. The number of ether oxygens (including phenoxy) is 1. The van der Waals surface area contributed by atoms with E-state index in [1.54, 1.807) is 0 Å². The first-order chi connectivity index (χ1) is 15.0. The van der Waals surface area contributed by atoms with E-state index in [2.05, 4.69) is 26.6 Å². The minimum atomic E-state index is -4.46. The molecule has 0 spiro atoms. The van der Waals surface area contributed by atoms with E-state index in [0.29, 0.717) is 5.56 Å². The molecule has 0 aromatic heterocycles. The lowest BCUT2D eigenvalue weighted by molar-refractivity contribution is -0.385. The molecule has 2 aromatic rings. The first kappa shape index (κ1) is 23.3. The lowest BCUT2D eigenvalue weighted by Crippen LogP contribution is -2.51. The standard InChI is InChI=1S/C18H12BrN3O8S2/c1-29-14-7-9(5-12-16(23)20-18(31)21-17(12)24)6-13(19)15(14)30-32(27,28)11-4-2-3-10(8-11)22(25)26/h2-8H,1H3,(H2,20,21,23,24,31). The van der Waals surface area contributed by atoms with E-state index in [1.807, 2.05) is 0 Å². The van der Waals surface area contributed by atoms with Gasteiger partial charge >= 0.3 is 10.1 Å². The molecule has 1 saturated heterocycles. The van der Waals surface area contributed by atoms with Crippen molar-refractivity contribution in [1.82, 2.24) is 10.6 Å². The van der Waals surface area contributed by atoms with E-state index in [1.165, 1.54) is 31.4 Å². The molecule has 1 aliphatic rings. The Bertz CT molecular complexity index is 1290. The molecule has 1 aliphatic heterocycles. The monoisotopic (exact) mass is 541 g/mol. The predicted molar refractivity (Wildman–Crippen MR) is 118 cm³/mol. The molecule has 3 rings (SSSR count). The molecule has 1 fully saturated rings. The Kier molecular flexibility index (Phi) is 6.57. The number of thiocarbonyl (C=S) groups is 1. The highest BCUT2D eigenvalue weighted by atomic mass is 79.9. The summed E-state index contributed by atoms with van der Waals surface area (Å²) in [6.45, 7) is 0. The fourth-order valence-corrected chi connectivity index (χ4v) is 4.42. The molecule has 0 unspecified atom stereocenters. The Morgan fingerprint density at radius 3 is 2.41 bits per heavy atom. The quantitative estimate of drug-likeness (QED) is 0.139. The number of hydrogen-bond donors (Lipinski definition) is 2. The van der Waals surface area contributed by atoms with Gasteiger partial charge in [0.1, 0.15) is 10.5 Å². The maximum atomic E-state index is 12.7. The summed E-state index contributed by atoms with van der Waals surface area (Å²) >= 11 is 7.92. The molecule has 11 nitrogen and oxygen atoms in total. The molecule has 2 N–H and O–H groups in total. The Morgan fingerprint density at radius 1 is 1.16 bits per heavy atom. The first-order valence-corrected chi connectivity index (χ1v) is 11.1. The van der Waals surface area contributed by atoms with Crippen LogP contribution in [0.25, 0.3) is 6.08 Å². The number of carbonyl (C=O) groups excluding carboxylic acids is 2. The Balaban J connectivity index is 1.99. The van der Waals surface area contributed by atoms with Crippen molar-refractivity contribution < 1.29 is 31.9 Å². The summed E-state index contributed by atoms with van der Waals surface area (Å²) in [5.74, 6) is -1.70. The van der Waals surface area contributed by atoms with Crippen molar-refractivity contribution >= 4 is 67.0 Å². The zero-order chi connectivity index (χ0) is 23.6. The van der Waals surface area contributed by atoms with Gasteiger partial charge < -0.3 is 8.92 Å². The zero-order valence-corrected chi connectivity index (χ0v) is 19.2. The van der Waals surface area contributed by atoms with E-state index < -0.39 is 37.4 Å². The molecular formula is C18H12BrN3O8S2. The average Bonchev–Trinajstić information content (AvgIpc) is 2.72. The molecule has 0 aliphatic carbocycles. The Labute approximate surface area is 194 Å². The molecule has 0 radical (unpaired) electrons. The van der Waals surface area contributed by atoms with Crippen molar-refractivity contribution in [2.75, 3.05) is 7.11 Å². The number of rotatable bonds is 6. The third kappa shape index (κ3) is 4.92. The number of nitro groups is 1. The van der Waals surface area contributed by atoms with Crippen LogP contribution in [0.15, 0.2) is 51.3 Å². The highest BCUT2D eigenvalue weighted by molar-refractivity contribution is 9.10. The Hall–Kier alpha value is -3.36. The summed E-state index contributed by atoms with van der Waals surface area (Å²) in [5, 5.41) is 15.4. The fraction of sp³-hybridized carbons (Fsp3) is 0.0556. The lowest BCUT2D eigenvalue weighted by atomic mass is 10.1. The van der Waals surface area contributed by atoms with Crippen LogP contribution in [0.3, 0.4) is 0 Å². The molecular weight excluding hydrogens is 530 g/mol. The molecule has 2 aromatic carbocycles. The number of methoxy groups -OCH3 is 1. The van der Waals surface area contributed by atoms with Crippen molar-refractivity contribution in [3.63, 3.8) is 0 Å². The van der Waals surface area contributed by atoms with Gasteiger partial charge in [-0.3, -0.25) is 30.3 Å². The summed E-state index contributed by atoms with van der Waals surface area (Å²) in [5.41, 5.74) is -0.349. The predicted octanol–water partition coefficient (Wildman–Crippen LogP) is 2.05. The smallest absolute Gasteiger partial charge is 0.339 e. The van der Waals surface area contributed by atoms with Crippen LogP contribution in [-0.4, -0.2) is 37.4 Å². The van der Waals surface area contributed by atoms with Gasteiger partial charge in [0.2, 0.25) is 0 Å². The lowest BCUT2D eigenvalue weighted by Gasteiger charge is -2.17. The van der Waals surface area contributed by atoms with Crippen LogP contribution in [0.4, 0.5) is 5.69 Å². The van der Waals surface area contributed by atoms with Crippen LogP contribution in [0.2, 0.25) is 0 Å². The van der Waals surface area contributed by atoms with Gasteiger partial charge in [0.25, 0.3) is 17.5 Å². The van der Waals surface area contributed by atoms with Crippen LogP contribution in [0, 0.1) is 10.1 Å². The number of nitrogens with one attached hydrogen (secondary N) is 2. The highest BCUT2D eigenvalue weighted by Gasteiger charge is 2.27. The van der Waals surface area contributed by atoms with Crippen LogP contribution in [-0.2, 0) is 19.7 Å². The molecule has 1 heterocycles. The van der Waals surface area contributed by atoms with Crippen molar-refractivity contribution in [2.24, 2.45) is 0 Å². The number of carbonyl (C=O) groups is 2. The van der Waals surface area contributed by atoms with Gasteiger partial charge in [-0.05, 0) is 58.0 Å². The van der Waals surface area contributed by atoms with Gasteiger partial charge in [-0.25, -0.2) is 0 Å². The zero-order valence-electron chi connectivity index (χ0n) is 15.9. The maximum Gasteiger partial charge on any atom is 0.339 e. The van der Waals surface area contributed by atoms with E-state index in [-0.39, 0.29) is 26.7 Å². The average molecular weight is 542 g/mol. The second-order valence-electron chi connectivity index (χ2n) is 6.12. The number of halogens is 1. The van der Waals surface area contributed by atoms with Crippen molar-refractivity contribution in [3.8, 4) is 11.5 Å². The summed E-state index contributed by atoms with van der Waals surface area (Å²) in [4.78, 5) is 33.8. The maximum absolute atomic E-state index is 12.7. The van der Waals surface area contributed by atoms with Gasteiger partial charge in [-0.1, -0.05) is 6.07 Å². The first-order valence-electron chi connectivity index (χ1n) is 8.46. The van der Waals surface area contributed by atoms with E-state index in [9.17, 15) is 28.1 Å². The molecule has 0 bridgehead atoms. The van der Waals surface area contributed by atoms with Crippen molar-refractivity contribution in [1.29, 1.82) is 0 Å². The van der Waals surface area contributed by atoms with Gasteiger partial charge in [-0.15, -0.1) is 0 Å². The Morgan fingerprint density at radius 2 is 1.81 bits per heavy atom. The summed E-state index contributed by atoms with van der Waals surface area (Å²) in [6, 6.07) is 7.08. The summed E-state index contributed by atoms with van der Waals surface area (Å²) < 4.78 is 35.8. The van der Waals surface area contributed by atoms with Crippen LogP contribution >= 0.6 is 28.1 Å². The molecule has 32 heavy (non-hydrogen) atoms. The van der Waals surface area contributed by atoms with E-state index in [4.69, 9.17) is 21.1 Å². The molecule has 0 saturated carbocycles. The number of nitrogens with zero attached hydrogens (tertiary/aromatic N) is 1. The summed E-state index contributed by atoms with van der Waals surface area (Å²) in [7, 11) is -3.21. The number of hydrogen-bond acceptors (Lipinski definition) is 9. The van der Waals surface area contributed by atoms with Gasteiger partial charge in [-0.2, -0.15) is 8.42 Å². The number of nitro benzene ring substituents is 1. The van der Waals surface area contributed by atoms with Gasteiger partial charge in [0.15, 0.2) is 16.6 Å². The molecule has 166 valence electrons. The van der Waals surface area contributed by atoms with Crippen LogP contribution < -0.4 is 19.6 Å². The topological polar surface area (TPSA) is 154 Å². The molecule has 0 atom stereocenters.